The third-order valence-electron chi connectivity index (χ3n) is 2.78. The van der Waals surface area contributed by atoms with Gasteiger partial charge in [-0.2, -0.15) is 0 Å². The van der Waals surface area contributed by atoms with Crippen molar-refractivity contribution in [3.63, 3.8) is 0 Å². The maximum atomic E-state index is 12.5. The molecule has 1 amide bonds. The lowest BCUT2D eigenvalue weighted by atomic mass is 10.0. The summed E-state index contributed by atoms with van der Waals surface area (Å²) in [5.41, 5.74) is 5.87. The van der Waals surface area contributed by atoms with Gasteiger partial charge in [0.1, 0.15) is 5.01 Å². The summed E-state index contributed by atoms with van der Waals surface area (Å²) < 4.78 is 0. The minimum atomic E-state index is -0.549. The molecule has 5 nitrogen and oxygen atoms in total. The lowest BCUT2D eigenvalue weighted by Gasteiger charge is -2.24. The molecule has 0 unspecified atom stereocenters. The van der Waals surface area contributed by atoms with Crippen LogP contribution in [0.25, 0.3) is 0 Å². The van der Waals surface area contributed by atoms with Gasteiger partial charge in [-0.05, 0) is 19.9 Å². The maximum Gasteiger partial charge on any atom is 0.253 e. The number of pyridine rings is 1. The number of nitrogens with two attached hydrogens (primary N) is 1. The molecule has 2 heterocycles. The van der Waals surface area contributed by atoms with Gasteiger partial charge in [0.05, 0.1) is 23.2 Å². The highest BCUT2D eigenvalue weighted by Gasteiger charge is 2.26. The Labute approximate surface area is 127 Å². The molecule has 0 atom stereocenters. The Balaban J connectivity index is 2.25. The number of aromatic nitrogens is 2. The summed E-state index contributed by atoms with van der Waals surface area (Å²) in [5.74, 6) is 5.39. The molecular weight excluding hydrogens is 284 g/mol. The topological polar surface area (TPSA) is 80.9 Å². The van der Waals surface area contributed by atoms with Crippen molar-refractivity contribution >= 4 is 17.2 Å². The van der Waals surface area contributed by atoms with Crippen LogP contribution in [0.2, 0.25) is 0 Å². The Bertz CT molecular complexity index is 683. The first-order valence-electron chi connectivity index (χ1n) is 6.40. The molecule has 0 saturated carbocycles. The van der Waals surface area contributed by atoms with Crippen LogP contribution in [0.5, 0.6) is 0 Å². The standard InChI is InChI=1S/C15H16N4OS/c1-15(2,14-18-8-9-21-14)19-13(20)12-5-7-17-10-11(12)4-3-6-16/h5,7-10H,6,16H2,1-2H3,(H,19,20). The second-order valence-corrected chi connectivity index (χ2v) is 5.74. The molecule has 2 rings (SSSR count). The van der Waals surface area contributed by atoms with Gasteiger partial charge in [0.15, 0.2) is 0 Å². The van der Waals surface area contributed by atoms with Crippen LogP contribution in [0.15, 0.2) is 30.0 Å². The number of carbonyl (C=O) groups excluding carboxylic acids is 1. The molecule has 0 aliphatic carbocycles. The van der Waals surface area contributed by atoms with Gasteiger partial charge in [-0.15, -0.1) is 11.3 Å². The average molecular weight is 300 g/mol. The zero-order valence-electron chi connectivity index (χ0n) is 11.9. The molecule has 0 aliphatic heterocycles. The second-order valence-electron chi connectivity index (χ2n) is 4.84. The average Bonchev–Trinajstić information content (AvgIpc) is 3.00. The van der Waals surface area contributed by atoms with Gasteiger partial charge in [-0.25, -0.2) is 4.98 Å². The predicted molar refractivity (Wildman–Crippen MR) is 82.8 cm³/mol. The van der Waals surface area contributed by atoms with Crippen LogP contribution in [0, 0.1) is 11.8 Å². The van der Waals surface area contributed by atoms with Gasteiger partial charge in [0, 0.05) is 24.0 Å². The SMILES string of the molecule is CC(C)(NC(=O)c1ccncc1C#CCN)c1nccs1. The summed E-state index contributed by atoms with van der Waals surface area (Å²) >= 11 is 1.50. The van der Waals surface area contributed by atoms with Crippen molar-refractivity contribution in [2.45, 2.75) is 19.4 Å². The molecule has 2 aromatic heterocycles. The van der Waals surface area contributed by atoms with Crippen molar-refractivity contribution < 1.29 is 4.79 Å². The highest BCUT2D eigenvalue weighted by Crippen LogP contribution is 2.22. The highest BCUT2D eigenvalue weighted by atomic mass is 32.1. The van der Waals surface area contributed by atoms with Crippen LogP contribution < -0.4 is 11.1 Å². The van der Waals surface area contributed by atoms with E-state index in [1.54, 1.807) is 24.7 Å². The molecule has 6 heteroatoms. The number of rotatable bonds is 3. The van der Waals surface area contributed by atoms with E-state index in [0.717, 1.165) is 5.01 Å². The van der Waals surface area contributed by atoms with Crippen molar-refractivity contribution in [3.05, 3.63) is 46.2 Å². The smallest absolute Gasteiger partial charge is 0.253 e. The van der Waals surface area contributed by atoms with Crippen LogP contribution in [0.1, 0.15) is 34.8 Å². The maximum absolute atomic E-state index is 12.5. The Morgan fingerprint density at radius 3 is 2.95 bits per heavy atom. The molecule has 0 aromatic carbocycles. The fourth-order valence-corrected chi connectivity index (χ4v) is 2.49. The van der Waals surface area contributed by atoms with Gasteiger partial charge in [-0.3, -0.25) is 9.78 Å². The molecular formula is C15H16N4OS. The summed E-state index contributed by atoms with van der Waals surface area (Å²) in [6, 6.07) is 1.65. The van der Waals surface area contributed by atoms with Crippen molar-refractivity contribution in [1.29, 1.82) is 0 Å². The molecule has 0 spiro atoms. The molecule has 108 valence electrons. The molecule has 0 saturated heterocycles. The van der Waals surface area contributed by atoms with E-state index in [-0.39, 0.29) is 12.5 Å². The first kappa shape index (κ1) is 15.2. The van der Waals surface area contributed by atoms with Crippen LogP contribution >= 0.6 is 11.3 Å². The third-order valence-corrected chi connectivity index (χ3v) is 3.88. The first-order valence-corrected chi connectivity index (χ1v) is 7.28. The zero-order chi connectivity index (χ0) is 15.3. The summed E-state index contributed by atoms with van der Waals surface area (Å²) in [4.78, 5) is 20.7. The number of carbonyl (C=O) groups is 1. The normalized spacial score (nSPS) is 10.6. The summed E-state index contributed by atoms with van der Waals surface area (Å²) in [7, 11) is 0. The predicted octanol–water partition coefficient (Wildman–Crippen LogP) is 1.51. The number of hydrogen-bond donors (Lipinski definition) is 2. The van der Waals surface area contributed by atoms with Gasteiger partial charge < -0.3 is 11.1 Å². The van der Waals surface area contributed by atoms with Gasteiger partial charge >= 0.3 is 0 Å². The van der Waals surface area contributed by atoms with Crippen molar-refractivity contribution in [2.75, 3.05) is 6.54 Å². The van der Waals surface area contributed by atoms with Crippen molar-refractivity contribution in [1.82, 2.24) is 15.3 Å². The van der Waals surface area contributed by atoms with E-state index < -0.39 is 5.54 Å². The number of thiazole rings is 1. The first-order chi connectivity index (χ1) is 10.0. The molecule has 0 fully saturated rings. The van der Waals surface area contributed by atoms with Gasteiger partial charge in [-0.1, -0.05) is 11.8 Å². The van der Waals surface area contributed by atoms with Crippen LogP contribution in [-0.2, 0) is 5.54 Å². The number of amides is 1. The van der Waals surface area contributed by atoms with Crippen LogP contribution in [-0.4, -0.2) is 22.4 Å². The molecule has 3 N–H and O–H groups in total. The number of hydrogen-bond acceptors (Lipinski definition) is 5. The van der Waals surface area contributed by atoms with Crippen LogP contribution in [0.3, 0.4) is 0 Å². The zero-order valence-corrected chi connectivity index (χ0v) is 12.7. The highest BCUT2D eigenvalue weighted by molar-refractivity contribution is 7.09. The van der Waals surface area contributed by atoms with E-state index in [9.17, 15) is 4.79 Å². The summed E-state index contributed by atoms with van der Waals surface area (Å²) in [5, 5.41) is 5.70. The molecule has 0 aliphatic rings. The van der Waals surface area contributed by atoms with Gasteiger partial charge in [0.25, 0.3) is 5.91 Å². The van der Waals surface area contributed by atoms with Gasteiger partial charge in [0.2, 0.25) is 0 Å². The number of nitrogens with zero attached hydrogens (tertiary/aromatic N) is 2. The van der Waals surface area contributed by atoms with E-state index in [0.29, 0.717) is 11.1 Å². The van der Waals surface area contributed by atoms with E-state index in [1.165, 1.54) is 11.3 Å². The Kier molecular flexibility index (Phi) is 4.68. The lowest BCUT2D eigenvalue weighted by Crippen LogP contribution is -2.41. The van der Waals surface area contributed by atoms with Crippen molar-refractivity contribution in [3.8, 4) is 11.8 Å². The summed E-state index contributed by atoms with van der Waals surface area (Å²) in [6.07, 6.45) is 4.85. The van der Waals surface area contributed by atoms with E-state index >= 15 is 0 Å². The largest absolute Gasteiger partial charge is 0.341 e. The molecule has 0 bridgehead atoms. The lowest BCUT2D eigenvalue weighted by molar-refractivity contribution is 0.0911. The number of nitrogens with one attached hydrogen (secondary N) is 1. The Morgan fingerprint density at radius 2 is 2.29 bits per heavy atom. The molecule has 0 radical (unpaired) electrons. The van der Waals surface area contributed by atoms with Crippen LogP contribution in [0.4, 0.5) is 0 Å². The van der Waals surface area contributed by atoms with Crippen molar-refractivity contribution in [2.24, 2.45) is 5.73 Å². The monoisotopic (exact) mass is 300 g/mol. The van der Waals surface area contributed by atoms with E-state index in [4.69, 9.17) is 5.73 Å². The fourth-order valence-electron chi connectivity index (χ4n) is 1.78. The quantitative estimate of drug-likeness (QED) is 0.842. The molecule has 2 aromatic rings. The van der Waals surface area contributed by atoms with E-state index in [1.807, 2.05) is 19.2 Å². The van der Waals surface area contributed by atoms with E-state index in [2.05, 4.69) is 27.1 Å². The fraction of sp³-hybridized carbons (Fsp3) is 0.267. The third kappa shape index (κ3) is 3.66. The Hall–Kier alpha value is -2.23. The minimum absolute atomic E-state index is 0.209. The molecule has 21 heavy (non-hydrogen) atoms. The Morgan fingerprint density at radius 1 is 1.48 bits per heavy atom. The summed E-state index contributed by atoms with van der Waals surface area (Å²) in [6.45, 7) is 4.06. The minimum Gasteiger partial charge on any atom is -0.341 e. The second kappa shape index (κ2) is 6.48.